The summed E-state index contributed by atoms with van der Waals surface area (Å²) in [4.78, 5) is 22.5. The van der Waals surface area contributed by atoms with Crippen LogP contribution in [0.5, 0.6) is 5.75 Å². The highest BCUT2D eigenvalue weighted by Crippen LogP contribution is 2.19. The summed E-state index contributed by atoms with van der Waals surface area (Å²) in [7, 11) is 0. The van der Waals surface area contributed by atoms with E-state index in [4.69, 9.17) is 9.84 Å². The zero-order valence-corrected chi connectivity index (χ0v) is 12.8. The third-order valence-electron chi connectivity index (χ3n) is 2.88. The van der Waals surface area contributed by atoms with E-state index in [0.29, 0.717) is 12.2 Å². The van der Waals surface area contributed by atoms with Crippen LogP contribution in [0.1, 0.15) is 39.2 Å². The predicted octanol–water partition coefficient (Wildman–Crippen LogP) is 2.39. The second kappa shape index (κ2) is 8.29. The summed E-state index contributed by atoms with van der Waals surface area (Å²) in [5.41, 5.74) is 0.828. The van der Waals surface area contributed by atoms with Gasteiger partial charge in [-0.3, -0.25) is 9.59 Å². The van der Waals surface area contributed by atoms with Crippen molar-refractivity contribution in [3.8, 4) is 5.75 Å². The van der Waals surface area contributed by atoms with Crippen molar-refractivity contribution in [2.45, 2.75) is 52.2 Å². The van der Waals surface area contributed by atoms with Crippen molar-refractivity contribution in [3.63, 3.8) is 0 Å². The Labute approximate surface area is 125 Å². The minimum Gasteiger partial charge on any atom is -0.491 e. The van der Waals surface area contributed by atoms with Crippen LogP contribution in [0.15, 0.2) is 24.3 Å². The number of carboxylic acid groups (broad SMARTS) is 1. The number of hydrogen-bond acceptors (Lipinski definition) is 3. The van der Waals surface area contributed by atoms with E-state index >= 15 is 0 Å². The zero-order valence-electron chi connectivity index (χ0n) is 12.8. The SMILES string of the molecule is CC(C)Oc1ccccc1CC(=O)N[C@H](C)CCC(=O)O. The van der Waals surface area contributed by atoms with Crippen molar-refractivity contribution in [1.29, 1.82) is 0 Å². The molecule has 0 spiro atoms. The highest BCUT2D eigenvalue weighted by molar-refractivity contribution is 5.79. The van der Waals surface area contributed by atoms with Gasteiger partial charge in [-0.1, -0.05) is 18.2 Å². The Hall–Kier alpha value is -2.04. The lowest BCUT2D eigenvalue weighted by Crippen LogP contribution is -2.34. The third-order valence-corrected chi connectivity index (χ3v) is 2.88. The van der Waals surface area contributed by atoms with Crippen LogP contribution in [-0.2, 0) is 16.0 Å². The molecule has 0 radical (unpaired) electrons. The van der Waals surface area contributed by atoms with Gasteiger partial charge in [-0.05, 0) is 33.3 Å². The Kier molecular flexibility index (Phi) is 6.72. The summed E-state index contributed by atoms with van der Waals surface area (Å²) in [5.74, 6) is -0.277. The first kappa shape index (κ1) is 17.0. The molecule has 0 aliphatic heterocycles. The highest BCUT2D eigenvalue weighted by atomic mass is 16.5. The van der Waals surface area contributed by atoms with E-state index in [9.17, 15) is 9.59 Å². The van der Waals surface area contributed by atoms with Gasteiger partial charge in [0, 0.05) is 18.0 Å². The molecule has 1 rings (SSSR count). The minimum atomic E-state index is -0.855. The van der Waals surface area contributed by atoms with Gasteiger partial charge >= 0.3 is 5.97 Å². The lowest BCUT2D eigenvalue weighted by molar-refractivity contribution is -0.137. The Morgan fingerprint density at radius 1 is 1.24 bits per heavy atom. The lowest BCUT2D eigenvalue weighted by atomic mass is 10.1. The molecule has 5 heteroatoms. The van der Waals surface area contributed by atoms with Gasteiger partial charge < -0.3 is 15.2 Å². The molecule has 2 N–H and O–H groups in total. The van der Waals surface area contributed by atoms with Crippen LogP contribution in [0.2, 0.25) is 0 Å². The fourth-order valence-electron chi connectivity index (χ4n) is 1.93. The van der Waals surface area contributed by atoms with Gasteiger partial charge in [0.25, 0.3) is 0 Å². The maximum absolute atomic E-state index is 12.0. The van der Waals surface area contributed by atoms with Gasteiger partial charge in [-0.25, -0.2) is 0 Å². The van der Waals surface area contributed by atoms with Crippen molar-refractivity contribution >= 4 is 11.9 Å². The van der Waals surface area contributed by atoms with E-state index in [1.54, 1.807) is 6.92 Å². The number of benzene rings is 1. The smallest absolute Gasteiger partial charge is 0.303 e. The Balaban J connectivity index is 2.56. The fourth-order valence-corrected chi connectivity index (χ4v) is 1.93. The average Bonchev–Trinajstić information content (AvgIpc) is 2.38. The van der Waals surface area contributed by atoms with Crippen LogP contribution >= 0.6 is 0 Å². The van der Waals surface area contributed by atoms with Crippen LogP contribution in [0.4, 0.5) is 0 Å². The number of para-hydroxylation sites is 1. The van der Waals surface area contributed by atoms with E-state index in [-0.39, 0.29) is 30.9 Å². The van der Waals surface area contributed by atoms with Gasteiger partial charge in [0.2, 0.25) is 5.91 Å². The fraction of sp³-hybridized carbons (Fsp3) is 0.500. The summed E-state index contributed by atoms with van der Waals surface area (Å²) in [6.45, 7) is 5.67. The molecule has 0 aliphatic carbocycles. The van der Waals surface area contributed by atoms with Crippen LogP contribution < -0.4 is 10.1 Å². The number of carbonyl (C=O) groups excluding carboxylic acids is 1. The molecule has 21 heavy (non-hydrogen) atoms. The quantitative estimate of drug-likeness (QED) is 0.771. The molecule has 1 amide bonds. The van der Waals surface area contributed by atoms with Gasteiger partial charge in [0.15, 0.2) is 0 Å². The standard InChI is InChI=1S/C16H23NO4/c1-11(2)21-14-7-5-4-6-13(14)10-15(18)17-12(3)8-9-16(19)20/h4-7,11-12H,8-10H2,1-3H3,(H,17,18)(H,19,20)/t12-/m1/s1. The predicted molar refractivity (Wildman–Crippen MR) is 80.4 cm³/mol. The van der Waals surface area contributed by atoms with E-state index in [1.165, 1.54) is 0 Å². The Morgan fingerprint density at radius 2 is 1.90 bits per heavy atom. The molecule has 1 aromatic rings. The number of rotatable bonds is 8. The summed E-state index contributed by atoms with van der Waals surface area (Å²) in [6, 6.07) is 7.28. The molecule has 0 unspecified atom stereocenters. The summed E-state index contributed by atoms with van der Waals surface area (Å²) < 4.78 is 5.67. The third kappa shape index (κ3) is 6.79. The maximum Gasteiger partial charge on any atom is 0.303 e. The number of ether oxygens (including phenoxy) is 1. The summed E-state index contributed by atoms with van der Waals surface area (Å²) in [6.07, 6.45) is 0.740. The largest absolute Gasteiger partial charge is 0.491 e. The van der Waals surface area contributed by atoms with E-state index < -0.39 is 5.97 Å². The molecule has 0 heterocycles. The zero-order chi connectivity index (χ0) is 15.8. The molecule has 1 aromatic carbocycles. The molecular formula is C16H23NO4. The van der Waals surface area contributed by atoms with Crippen molar-refractivity contribution in [1.82, 2.24) is 5.32 Å². The van der Waals surface area contributed by atoms with Crippen LogP contribution in [0, 0.1) is 0 Å². The van der Waals surface area contributed by atoms with Gasteiger partial charge in [-0.2, -0.15) is 0 Å². The molecule has 116 valence electrons. The second-order valence-corrected chi connectivity index (χ2v) is 5.35. The molecule has 0 aromatic heterocycles. The summed E-state index contributed by atoms with van der Waals surface area (Å²) >= 11 is 0. The number of aliphatic carboxylic acids is 1. The molecule has 5 nitrogen and oxygen atoms in total. The lowest BCUT2D eigenvalue weighted by Gasteiger charge is -2.16. The first-order valence-electron chi connectivity index (χ1n) is 7.14. The van der Waals surface area contributed by atoms with Crippen LogP contribution in [-0.4, -0.2) is 29.1 Å². The molecule has 0 bridgehead atoms. The Bertz CT molecular complexity index is 485. The molecule has 0 saturated heterocycles. The molecule has 0 aliphatic rings. The Morgan fingerprint density at radius 3 is 2.52 bits per heavy atom. The average molecular weight is 293 g/mol. The summed E-state index contributed by atoms with van der Waals surface area (Å²) in [5, 5.41) is 11.4. The molecule has 0 fully saturated rings. The van der Waals surface area contributed by atoms with Gasteiger partial charge in [0.1, 0.15) is 5.75 Å². The number of nitrogens with one attached hydrogen (secondary N) is 1. The van der Waals surface area contributed by atoms with Crippen LogP contribution in [0.3, 0.4) is 0 Å². The molecule has 1 atom stereocenters. The number of hydrogen-bond donors (Lipinski definition) is 2. The topological polar surface area (TPSA) is 75.6 Å². The normalized spacial score (nSPS) is 12.0. The van der Waals surface area contributed by atoms with Crippen molar-refractivity contribution < 1.29 is 19.4 Å². The van der Waals surface area contributed by atoms with Crippen molar-refractivity contribution in [2.24, 2.45) is 0 Å². The molecular weight excluding hydrogens is 270 g/mol. The first-order chi connectivity index (χ1) is 9.88. The highest BCUT2D eigenvalue weighted by Gasteiger charge is 2.12. The first-order valence-corrected chi connectivity index (χ1v) is 7.14. The number of amides is 1. The number of carbonyl (C=O) groups is 2. The van der Waals surface area contributed by atoms with Crippen LogP contribution in [0.25, 0.3) is 0 Å². The van der Waals surface area contributed by atoms with Crippen molar-refractivity contribution in [3.05, 3.63) is 29.8 Å². The van der Waals surface area contributed by atoms with Gasteiger partial charge in [-0.15, -0.1) is 0 Å². The maximum atomic E-state index is 12.0. The minimum absolute atomic E-state index is 0.0451. The van der Waals surface area contributed by atoms with Crippen molar-refractivity contribution in [2.75, 3.05) is 0 Å². The monoisotopic (exact) mass is 293 g/mol. The number of carboxylic acids is 1. The van der Waals surface area contributed by atoms with Gasteiger partial charge in [0.05, 0.1) is 12.5 Å². The van der Waals surface area contributed by atoms with E-state index in [0.717, 1.165) is 5.56 Å². The van der Waals surface area contributed by atoms with E-state index in [2.05, 4.69) is 5.32 Å². The van der Waals surface area contributed by atoms with E-state index in [1.807, 2.05) is 38.1 Å². The molecule has 0 saturated carbocycles. The second-order valence-electron chi connectivity index (χ2n) is 5.35.